The maximum Gasteiger partial charge on any atom is 0.0593 e. The summed E-state index contributed by atoms with van der Waals surface area (Å²) in [6.07, 6.45) is 3.72. The fourth-order valence-electron chi connectivity index (χ4n) is 1.79. The molecule has 3 nitrogen and oxygen atoms in total. The van der Waals surface area contributed by atoms with Crippen molar-refractivity contribution in [3.8, 4) is 0 Å². The van der Waals surface area contributed by atoms with Crippen LogP contribution in [0, 0.1) is 0 Å². The molecule has 1 unspecified atom stereocenters. The molecule has 0 rings (SSSR count). The lowest BCUT2D eigenvalue weighted by atomic mass is 10.1. The van der Waals surface area contributed by atoms with Crippen molar-refractivity contribution in [2.75, 3.05) is 39.9 Å². The first-order valence-corrected chi connectivity index (χ1v) is 6.74. The summed E-state index contributed by atoms with van der Waals surface area (Å²) < 4.78 is 5.36. The Morgan fingerprint density at radius 1 is 1.19 bits per heavy atom. The molecule has 0 aromatic heterocycles. The summed E-state index contributed by atoms with van der Waals surface area (Å²) in [5.41, 5.74) is 0. The molecule has 0 aliphatic heterocycles. The van der Waals surface area contributed by atoms with Crippen LogP contribution in [-0.4, -0.2) is 50.8 Å². The van der Waals surface area contributed by atoms with Gasteiger partial charge in [-0.05, 0) is 33.4 Å². The molecule has 0 spiro atoms. The number of hydrogen-bond acceptors (Lipinski definition) is 3. The van der Waals surface area contributed by atoms with E-state index in [9.17, 15) is 0 Å². The molecular formula is C13H30N2O. The van der Waals surface area contributed by atoms with E-state index >= 15 is 0 Å². The normalized spacial score (nSPS) is 13.3. The van der Waals surface area contributed by atoms with E-state index in [2.05, 4.69) is 31.1 Å². The molecule has 0 bridgehead atoms. The fraction of sp³-hybridized carbons (Fsp3) is 1.00. The van der Waals surface area contributed by atoms with Gasteiger partial charge in [0.1, 0.15) is 0 Å². The van der Waals surface area contributed by atoms with Crippen molar-refractivity contribution >= 4 is 0 Å². The van der Waals surface area contributed by atoms with E-state index in [0.29, 0.717) is 6.04 Å². The lowest BCUT2D eigenvalue weighted by molar-refractivity contribution is 0.118. The SMILES string of the molecule is CCCNC(CCC)CN(C)CCOCC. The van der Waals surface area contributed by atoms with Gasteiger partial charge in [0.25, 0.3) is 0 Å². The minimum atomic E-state index is 0.636. The molecule has 0 aromatic carbocycles. The first-order chi connectivity index (χ1) is 7.74. The van der Waals surface area contributed by atoms with Crippen molar-refractivity contribution in [3.05, 3.63) is 0 Å². The Morgan fingerprint density at radius 2 is 1.94 bits per heavy atom. The quantitative estimate of drug-likeness (QED) is 0.550. The molecule has 0 aliphatic carbocycles. The van der Waals surface area contributed by atoms with Crippen LogP contribution in [0.3, 0.4) is 0 Å². The average molecular weight is 230 g/mol. The van der Waals surface area contributed by atoms with Crippen LogP contribution in [-0.2, 0) is 4.74 Å². The van der Waals surface area contributed by atoms with Crippen LogP contribution in [0.25, 0.3) is 0 Å². The topological polar surface area (TPSA) is 24.5 Å². The van der Waals surface area contributed by atoms with Gasteiger partial charge < -0.3 is 15.0 Å². The van der Waals surface area contributed by atoms with Gasteiger partial charge in [0.05, 0.1) is 6.61 Å². The number of ether oxygens (including phenoxy) is 1. The van der Waals surface area contributed by atoms with Crippen molar-refractivity contribution in [1.29, 1.82) is 0 Å². The number of likely N-dealkylation sites (N-methyl/N-ethyl adjacent to an activating group) is 1. The van der Waals surface area contributed by atoms with E-state index in [1.165, 1.54) is 19.3 Å². The fourth-order valence-corrected chi connectivity index (χ4v) is 1.79. The standard InChI is InChI=1S/C13H30N2O/c1-5-8-13(14-9-6-2)12-15(4)10-11-16-7-3/h13-14H,5-12H2,1-4H3. The third kappa shape index (κ3) is 9.13. The lowest BCUT2D eigenvalue weighted by Crippen LogP contribution is -2.40. The second kappa shape index (κ2) is 11.4. The van der Waals surface area contributed by atoms with Gasteiger partial charge in [-0.15, -0.1) is 0 Å². The van der Waals surface area contributed by atoms with Crippen LogP contribution >= 0.6 is 0 Å². The third-order valence-electron chi connectivity index (χ3n) is 2.67. The first-order valence-electron chi connectivity index (χ1n) is 6.74. The molecule has 98 valence electrons. The van der Waals surface area contributed by atoms with Crippen LogP contribution in [0.5, 0.6) is 0 Å². The summed E-state index contributed by atoms with van der Waals surface area (Å²) in [6.45, 7) is 11.5. The van der Waals surface area contributed by atoms with E-state index in [4.69, 9.17) is 4.74 Å². The largest absolute Gasteiger partial charge is 0.380 e. The summed E-state index contributed by atoms with van der Waals surface area (Å²) in [5.74, 6) is 0. The first kappa shape index (κ1) is 15.9. The van der Waals surface area contributed by atoms with E-state index in [-0.39, 0.29) is 0 Å². The highest BCUT2D eigenvalue weighted by Gasteiger charge is 2.09. The van der Waals surface area contributed by atoms with E-state index < -0.39 is 0 Å². The van der Waals surface area contributed by atoms with Crippen LogP contribution < -0.4 is 5.32 Å². The summed E-state index contributed by atoms with van der Waals surface area (Å²) in [7, 11) is 2.18. The zero-order chi connectivity index (χ0) is 12.2. The maximum atomic E-state index is 5.36. The predicted octanol–water partition coefficient (Wildman–Crippen LogP) is 2.12. The van der Waals surface area contributed by atoms with Crippen LogP contribution in [0.2, 0.25) is 0 Å². The van der Waals surface area contributed by atoms with Gasteiger partial charge in [-0.1, -0.05) is 20.3 Å². The van der Waals surface area contributed by atoms with Gasteiger partial charge >= 0.3 is 0 Å². The molecule has 16 heavy (non-hydrogen) atoms. The number of rotatable bonds is 11. The zero-order valence-corrected chi connectivity index (χ0v) is 11.6. The van der Waals surface area contributed by atoms with Gasteiger partial charge in [-0.2, -0.15) is 0 Å². The molecule has 1 N–H and O–H groups in total. The molecule has 0 saturated carbocycles. The number of nitrogens with one attached hydrogen (secondary N) is 1. The minimum absolute atomic E-state index is 0.636. The molecule has 0 aromatic rings. The molecule has 0 heterocycles. The summed E-state index contributed by atoms with van der Waals surface area (Å²) in [6, 6.07) is 0.636. The minimum Gasteiger partial charge on any atom is -0.380 e. The smallest absolute Gasteiger partial charge is 0.0593 e. The molecule has 0 aliphatic rings. The van der Waals surface area contributed by atoms with Gasteiger partial charge in [0.15, 0.2) is 0 Å². The Bertz CT molecular complexity index is 142. The Hall–Kier alpha value is -0.120. The second-order valence-corrected chi connectivity index (χ2v) is 4.40. The summed E-state index contributed by atoms with van der Waals surface area (Å²) >= 11 is 0. The van der Waals surface area contributed by atoms with Gasteiger partial charge in [-0.3, -0.25) is 0 Å². The zero-order valence-electron chi connectivity index (χ0n) is 11.6. The third-order valence-corrected chi connectivity index (χ3v) is 2.67. The molecule has 0 saturated heterocycles. The van der Waals surface area contributed by atoms with E-state index in [0.717, 1.165) is 32.8 Å². The number of hydrogen-bond donors (Lipinski definition) is 1. The van der Waals surface area contributed by atoms with Crippen LogP contribution in [0.1, 0.15) is 40.0 Å². The summed E-state index contributed by atoms with van der Waals surface area (Å²) in [4.78, 5) is 2.36. The lowest BCUT2D eigenvalue weighted by Gasteiger charge is -2.24. The molecule has 0 fully saturated rings. The Morgan fingerprint density at radius 3 is 2.50 bits per heavy atom. The molecular weight excluding hydrogens is 200 g/mol. The van der Waals surface area contributed by atoms with Crippen molar-refractivity contribution in [2.24, 2.45) is 0 Å². The summed E-state index contributed by atoms with van der Waals surface area (Å²) in [5, 5.41) is 3.61. The molecule has 0 radical (unpaired) electrons. The highest BCUT2D eigenvalue weighted by atomic mass is 16.5. The molecule has 3 heteroatoms. The van der Waals surface area contributed by atoms with Crippen LogP contribution in [0.15, 0.2) is 0 Å². The highest BCUT2D eigenvalue weighted by molar-refractivity contribution is 4.70. The monoisotopic (exact) mass is 230 g/mol. The van der Waals surface area contributed by atoms with Gasteiger partial charge in [-0.25, -0.2) is 0 Å². The molecule has 0 amide bonds. The Labute approximate surface area is 102 Å². The average Bonchev–Trinajstić information content (AvgIpc) is 2.26. The Kier molecular flexibility index (Phi) is 11.3. The van der Waals surface area contributed by atoms with Gasteiger partial charge in [0.2, 0.25) is 0 Å². The Balaban J connectivity index is 3.68. The van der Waals surface area contributed by atoms with Crippen molar-refractivity contribution in [1.82, 2.24) is 10.2 Å². The second-order valence-electron chi connectivity index (χ2n) is 4.40. The number of nitrogens with zero attached hydrogens (tertiary/aromatic N) is 1. The van der Waals surface area contributed by atoms with Crippen molar-refractivity contribution in [2.45, 2.75) is 46.1 Å². The van der Waals surface area contributed by atoms with Gasteiger partial charge in [0, 0.05) is 25.7 Å². The van der Waals surface area contributed by atoms with E-state index in [1.807, 2.05) is 6.92 Å². The molecule has 1 atom stereocenters. The van der Waals surface area contributed by atoms with E-state index in [1.54, 1.807) is 0 Å². The predicted molar refractivity (Wildman–Crippen MR) is 71.0 cm³/mol. The van der Waals surface area contributed by atoms with Crippen molar-refractivity contribution in [3.63, 3.8) is 0 Å². The van der Waals surface area contributed by atoms with Crippen molar-refractivity contribution < 1.29 is 4.74 Å². The maximum absolute atomic E-state index is 5.36. The highest BCUT2D eigenvalue weighted by Crippen LogP contribution is 1.99. The van der Waals surface area contributed by atoms with Crippen LogP contribution in [0.4, 0.5) is 0 Å².